The minimum atomic E-state index is 0.527. The number of hydrogen-bond acceptors (Lipinski definition) is 2. The average Bonchev–Trinajstić information content (AvgIpc) is 2.26. The van der Waals surface area contributed by atoms with Gasteiger partial charge in [-0.1, -0.05) is 18.2 Å². The minimum absolute atomic E-state index is 0.527. The molecule has 0 aromatic heterocycles. The summed E-state index contributed by atoms with van der Waals surface area (Å²) in [5.74, 6) is 0.527. The van der Waals surface area contributed by atoms with Crippen LogP contribution in [0.15, 0.2) is 35.3 Å². The van der Waals surface area contributed by atoms with Gasteiger partial charge in [-0.25, -0.2) is 0 Å². The molecule has 0 spiro atoms. The van der Waals surface area contributed by atoms with Gasteiger partial charge in [0.25, 0.3) is 0 Å². The summed E-state index contributed by atoms with van der Waals surface area (Å²) in [5, 5.41) is 11.0. The predicted octanol–water partition coefficient (Wildman–Crippen LogP) is 1.18. The Hall–Kier alpha value is -2.02. The number of guanidine groups is 1. The summed E-state index contributed by atoms with van der Waals surface area (Å²) in [6.07, 6.45) is 1.85. The normalized spacial score (nSPS) is 10.5. The molecule has 0 bridgehead atoms. The van der Waals surface area contributed by atoms with Crippen molar-refractivity contribution < 1.29 is 0 Å². The van der Waals surface area contributed by atoms with Crippen LogP contribution in [-0.2, 0) is 0 Å². The van der Waals surface area contributed by atoms with Crippen molar-refractivity contribution in [3.05, 3.63) is 30.3 Å². The van der Waals surface area contributed by atoms with E-state index < -0.39 is 0 Å². The maximum absolute atomic E-state index is 8.49. The highest BCUT2D eigenvalue weighted by molar-refractivity contribution is 5.96. The van der Waals surface area contributed by atoms with Crippen LogP contribution < -0.4 is 10.2 Å². The van der Waals surface area contributed by atoms with Crippen molar-refractivity contribution in [2.75, 3.05) is 19.0 Å². The van der Waals surface area contributed by atoms with Gasteiger partial charge in [0.15, 0.2) is 6.19 Å². The molecule has 0 saturated heterocycles. The molecule has 0 aliphatic rings. The van der Waals surface area contributed by atoms with E-state index in [2.05, 4.69) is 10.3 Å². The summed E-state index contributed by atoms with van der Waals surface area (Å²) in [5.41, 5.74) is 0.982. The van der Waals surface area contributed by atoms with E-state index in [1.165, 1.54) is 0 Å². The van der Waals surface area contributed by atoms with Crippen LogP contribution in [0, 0.1) is 11.5 Å². The molecular formula is C10H12N4. The second-order valence-corrected chi connectivity index (χ2v) is 2.68. The number of hydrogen-bond donors (Lipinski definition) is 1. The maximum atomic E-state index is 8.49. The average molecular weight is 188 g/mol. The number of benzene rings is 1. The molecule has 4 nitrogen and oxygen atoms in total. The Morgan fingerprint density at radius 1 is 1.43 bits per heavy atom. The van der Waals surface area contributed by atoms with Gasteiger partial charge in [0.2, 0.25) is 5.96 Å². The van der Waals surface area contributed by atoms with Crippen molar-refractivity contribution in [1.29, 1.82) is 5.26 Å². The van der Waals surface area contributed by atoms with Gasteiger partial charge in [-0.05, 0) is 12.1 Å². The second-order valence-electron chi connectivity index (χ2n) is 2.68. The number of nitrogens with zero attached hydrogens (tertiary/aromatic N) is 3. The number of nitriles is 1. The molecule has 0 atom stereocenters. The van der Waals surface area contributed by atoms with Crippen LogP contribution in [0.2, 0.25) is 0 Å². The molecule has 4 heteroatoms. The van der Waals surface area contributed by atoms with Gasteiger partial charge in [-0.2, -0.15) is 5.26 Å². The second kappa shape index (κ2) is 4.87. The van der Waals surface area contributed by atoms with Gasteiger partial charge >= 0.3 is 0 Å². The van der Waals surface area contributed by atoms with Gasteiger partial charge < -0.3 is 4.90 Å². The molecule has 1 aromatic rings. The van der Waals surface area contributed by atoms with E-state index in [1.54, 1.807) is 7.05 Å². The Bertz CT molecular complexity index is 350. The van der Waals surface area contributed by atoms with Crippen LogP contribution in [0.4, 0.5) is 5.69 Å². The van der Waals surface area contributed by atoms with Crippen molar-refractivity contribution in [1.82, 2.24) is 5.32 Å². The number of rotatable bonds is 1. The Morgan fingerprint density at radius 2 is 2.07 bits per heavy atom. The van der Waals surface area contributed by atoms with Gasteiger partial charge in [0.1, 0.15) is 0 Å². The molecular weight excluding hydrogens is 176 g/mol. The third kappa shape index (κ3) is 2.23. The van der Waals surface area contributed by atoms with Crippen molar-refractivity contribution in [2.45, 2.75) is 0 Å². The summed E-state index contributed by atoms with van der Waals surface area (Å²) in [6.45, 7) is 0. The lowest BCUT2D eigenvalue weighted by atomic mass is 10.3. The summed E-state index contributed by atoms with van der Waals surface area (Å²) >= 11 is 0. The summed E-state index contributed by atoms with van der Waals surface area (Å²) in [7, 11) is 3.49. The predicted molar refractivity (Wildman–Crippen MR) is 57.0 cm³/mol. The van der Waals surface area contributed by atoms with Crippen molar-refractivity contribution in [3.8, 4) is 6.19 Å². The molecule has 0 amide bonds. The molecule has 1 rings (SSSR count). The van der Waals surface area contributed by atoms with Crippen LogP contribution in [0.3, 0.4) is 0 Å². The van der Waals surface area contributed by atoms with Crippen LogP contribution >= 0.6 is 0 Å². The van der Waals surface area contributed by atoms with E-state index in [0.29, 0.717) is 5.96 Å². The maximum Gasteiger partial charge on any atom is 0.211 e. The highest BCUT2D eigenvalue weighted by Gasteiger charge is 2.05. The largest absolute Gasteiger partial charge is 0.315 e. The van der Waals surface area contributed by atoms with Gasteiger partial charge in [-0.15, -0.1) is 0 Å². The summed E-state index contributed by atoms with van der Waals surface area (Å²) in [6, 6.07) is 9.71. The van der Waals surface area contributed by atoms with E-state index in [-0.39, 0.29) is 0 Å². The monoisotopic (exact) mass is 188 g/mol. The quantitative estimate of drug-likeness (QED) is 0.311. The van der Waals surface area contributed by atoms with Crippen LogP contribution in [-0.4, -0.2) is 20.1 Å². The van der Waals surface area contributed by atoms with E-state index in [4.69, 9.17) is 5.26 Å². The Kier molecular flexibility index (Phi) is 3.50. The third-order valence-corrected chi connectivity index (χ3v) is 1.84. The minimum Gasteiger partial charge on any atom is -0.315 e. The fourth-order valence-corrected chi connectivity index (χ4v) is 1.11. The number of para-hydroxylation sites is 1. The molecule has 0 aliphatic heterocycles. The molecule has 0 aliphatic carbocycles. The standard InChI is InChI=1S/C10H12N4/c1-12-10(13-8-11)14(2)9-6-4-3-5-7-9/h3-7H,1-2H3,(H,12,13). The van der Waals surface area contributed by atoms with Crippen LogP contribution in [0.1, 0.15) is 0 Å². The van der Waals surface area contributed by atoms with E-state index in [0.717, 1.165) is 5.69 Å². The topological polar surface area (TPSA) is 51.4 Å². The fraction of sp³-hybridized carbons (Fsp3) is 0.200. The molecule has 0 saturated carbocycles. The zero-order valence-electron chi connectivity index (χ0n) is 8.23. The first-order valence-corrected chi connectivity index (χ1v) is 4.20. The van der Waals surface area contributed by atoms with Crippen molar-refractivity contribution >= 4 is 11.6 Å². The lowest BCUT2D eigenvalue weighted by molar-refractivity contribution is 1.11. The first kappa shape index (κ1) is 10.1. The van der Waals surface area contributed by atoms with Crippen LogP contribution in [0.5, 0.6) is 0 Å². The van der Waals surface area contributed by atoms with E-state index in [9.17, 15) is 0 Å². The highest BCUT2D eigenvalue weighted by atomic mass is 15.3. The number of aliphatic imine (C=N–C) groups is 1. The third-order valence-electron chi connectivity index (χ3n) is 1.84. The van der Waals surface area contributed by atoms with Gasteiger partial charge in [0.05, 0.1) is 0 Å². The Labute approximate surface area is 83.5 Å². The summed E-state index contributed by atoms with van der Waals surface area (Å²) < 4.78 is 0. The Balaban J connectivity index is 2.85. The van der Waals surface area contributed by atoms with Crippen molar-refractivity contribution in [2.24, 2.45) is 4.99 Å². The lowest BCUT2D eigenvalue weighted by Crippen LogP contribution is -2.36. The van der Waals surface area contributed by atoms with Crippen LogP contribution in [0.25, 0.3) is 0 Å². The van der Waals surface area contributed by atoms with Gasteiger partial charge in [0, 0.05) is 19.8 Å². The zero-order valence-corrected chi connectivity index (χ0v) is 8.23. The SMILES string of the molecule is CN=C(NC#N)N(C)c1ccccc1. The Morgan fingerprint density at radius 3 is 2.57 bits per heavy atom. The zero-order chi connectivity index (χ0) is 10.4. The molecule has 1 N–H and O–H groups in total. The molecule has 0 fully saturated rings. The molecule has 1 aromatic carbocycles. The molecule has 0 radical (unpaired) electrons. The lowest BCUT2D eigenvalue weighted by Gasteiger charge is -2.18. The first-order valence-electron chi connectivity index (χ1n) is 4.20. The fourth-order valence-electron chi connectivity index (χ4n) is 1.11. The molecule has 14 heavy (non-hydrogen) atoms. The van der Waals surface area contributed by atoms with E-state index in [1.807, 2.05) is 48.5 Å². The first-order chi connectivity index (χ1) is 6.79. The van der Waals surface area contributed by atoms with Crippen molar-refractivity contribution in [3.63, 3.8) is 0 Å². The number of nitrogens with one attached hydrogen (secondary N) is 1. The molecule has 72 valence electrons. The molecule has 0 unspecified atom stereocenters. The highest BCUT2D eigenvalue weighted by Crippen LogP contribution is 2.10. The molecule has 0 heterocycles. The number of anilines is 1. The van der Waals surface area contributed by atoms with Gasteiger partial charge in [-0.3, -0.25) is 10.3 Å². The van der Waals surface area contributed by atoms with E-state index >= 15 is 0 Å². The smallest absolute Gasteiger partial charge is 0.211 e. The summed E-state index contributed by atoms with van der Waals surface area (Å²) in [4.78, 5) is 5.77.